The van der Waals surface area contributed by atoms with Crippen LogP contribution >= 0.6 is 0 Å². The first kappa shape index (κ1) is 16.4. The van der Waals surface area contributed by atoms with Crippen LogP contribution in [0.1, 0.15) is 56.2 Å². The molecule has 1 aliphatic carbocycles. The molecule has 0 radical (unpaired) electrons. The Balaban J connectivity index is 1.35. The first-order chi connectivity index (χ1) is 12.2. The third-order valence-corrected chi connectivity index (χ3v) is 5.91. The van der Waals surface area contributed by atoms with Crippen molar-refractivity contribution in [2.45, 2.75) is 57.5 Å². The number of aromatic nitrogens is 3. The fraction of sp³-hybridized carbons (Fsp3) is 0.600. The fourth-order valence-corrected chi connectivity index (χ4v) is 4.47. The van der Waals surface area contributed by atoms with Gasteiger partial charge in [0.2, 0.25) is 5.91 Å². The molecular formula is C20H28N4O. The van der Waals surface area contributed by atoms with Crippen LogP contribution < -0.4 is 0 Å². The topological polar surface area (TPSA) is 43.1 Å². The lowest BCUT2D eigenvalue weighted by Gasteiger charge is -2.37. The van der Waals surface area contributed by atoms with E-state index >= 15 is 0 Å². The molecule has 2 aromatic rings. The van der Waals surface area contributed by atoms with E-state index in [-0.39, 0.29) is 5.92 Å². The van der Waals surface area contributed by atoms with Gasteiger partial charge in [0.1, 0.15) is 0 Å². The molecule has 0 aromatic carbocycles. The van der Waals surface area contributed by atoms with E-state index < -0.39 is 0 Å². The molecule has 1 aliphatic heterocycles. The van der Waals surface area contributed by atoms with Gasteiger partial charge >= 0.3 is 0 Å². The Morgan fingerprint density at radius 3 is 2.52 bits per heavy atom. The molecule has 5 heteroatoms. The fourth-order valence-electron chi connectivity index (χ4n) is 4.47. The van der Waals surface area contributed by atoms with Crippen LogP contribution in [0, 0.1) is 12.8 Å². The lowest BCUT2D eigenvalue weighted by atomic mass is 9.84. The zero-order chi connectivity index (χ0) is 17.2. The highest BCUT2D eigenvalue weighted by atomic mass is 16.2. The second-order valence-corrected chi connectivity index (χ2v) is 7.71. The van der Waals surface area contributed by atoms with E-state index in [9.17, 15) is 4.79 Å². The summed E-state index contributed by atoms with van der Waals surface area (Å²) in [7, 11) is 0. The molecule has 4 rings (SSSR count). The zero-order valence-corrected chi connectivity index (χ0v) is 15.1. The average Bonchev–Trinajstić information content (AvgIpc) is 3.33. The maximum atomic E-state index is 13.0. The minimum absolute atomic E-state index is 0.213. The van der Waals surface area contributed by atoms with Gasteiger partial charge in [-0.05, 0) is 63.1 Å². The Morgan fingerprint density at radius 2 is 1.84 bits per heavy atom. The molecule has 25 heavy (non-hydrogen) atoms. The molecule has 2 aliphatic rings. The molecule has 3 heterocycles. The Labute approximate surface area is 149 Å². The van der Waals surface area contributed by atoms with Crippen LogP contribution in [-0.4, -0.2) is 38.2 Å². The van der Waals surface area contributed by atoms with Crippen molar-refractivity contribution >= 4 is 5.91 Å². The Morgan fingerprint density at radius 1 is 1.08 bits per heavy atom. The summed E-state index contributed by atoms with van der Waals surface area (Å²) in [4.78, 5) is 15.1. The predicted molar refractivity (Wildman–Crippen MR) is 97.2 cm³/mol. The number of hydrogen-bond donors (Lipinski definition) is 0. The third kappa shape index (κ3) is 3.51. The van der Waals surface area contributed by atoms with Crippen molar-refractivity contribution in [1.29, 1.82) is 0 Å². The van der Waals surface area contributed by atoms with Crippen LogP contribution in [0.4, 0.5) is 0 Å². The van der Waals surface area contributed by atoms with Crippen LogP contribution in [-0.2, 0) is 4.79 Å². The number of piperidine rings is 1. The summed E-state index contributed by atoms with van der Waals surface area (Å²) < 4.78 is 4.36. The van der Waals surface area contributed by atoms with Gasteiger partial charge in [-0.1, -0.05) is 0 Å². The highest BCUT2D eigenvalue weighted by molar-refractivity contribution is 5.79. The van der Waals surface area contributed by atoms with E-state index in [4.69, 9.17) is 0 Å². The summed E-state index contributed by atoms with van der Waals surface area (Å²) in [5, 5.41) is 4.46. The lowest BCUT2D eigenvalue weighted by molar-refractivity contribution is -0.138. The number of rotatable bonds is 3. The summed E-state index contributed by atoms with van der Waals surface area (Å²) in [6, 6.07) is 5.08. The molecule has 1 saturated heterocycles. The maximum absolute atomic E-state index is 13.0. The van der Waals surface area contributed by atoms with Crippen LogP contribution in [0.25, 0.3) is 0 Å². The Bertz CT molecular complexity index is 697. The standard InChI is InChI=1S/C20H28N4O/c1-16-13-21-24(14-16)19-5-4-12-23(15-19)20(25)17-6-8-18(9-7-17)22-10-2-3-11-22/h2-3,10-11,13-14,17-19H,4-9,12,15H2,1H3/t17?,18?,19-/m0/s1. The molecule has 1 saturated carbocycles. The SMILES string of the molecule is Cc1cnn([C@H]2CCCN(C(=O)C3CCC(n4cccc4)CC3)C2)c1. The van der Waals surface area contributed by atoms with Gasteiger partial charge in [-0.3, -0.25) is 9.48 Å². The Hall–Kier alpha value is -2.04. The molecule has 2 aromatic heterocycles. The molecule has 0 spiro atoms. The highest BCUT2D eigenvalue weighted by Crippen LogP contribution is 2.34. The molecule has 134 valence electrons. The van der Waals surface area contributed by atoms with Crippen molar-refractivity contribution in [2.75, 3.05) is 13.1 Å². The van der Waals surface area contributed by atoms with Gasteiger partial charge in [-0.2, -0.15) is 5.10 Å². The van der Waals surface area contributed by atoms with Gasteiger partial charge in [0, 0.05) is 43.6 Å². The van der Waals surface area contributed by atoms with Crippen LogP contribution in [0.15, 0.2) is 36.9 Å². The molecule has 0 N–H and O–H groups in total. The number of nitrogens with zero attached hydrogens (tertiary/aromatic N) is 4. The quantitative estimate of drug-likeness (QED) is 0.857. The highest BCUT2D eigenvalue weighted by Gasteiger charge is 2.32. The monoisotopic (exact) mass is 340 g/mol. The van der Waals surface area contributed by atoms with Crippen molar-refractivity contribution in [3.8, 4) is 0 Å². The van der Waals surface area contributed by atoms with E-state index in [2.05, 4.69) is 56.9 Å². The van der Waals surface area contributed by atoms with Gasteiger partial charge in [0.15, 0.2) is 0 Å². The molecule has 0 bridgehead atoms. The average molecular weight is 340 g/mol. The first-order valence-corrected chi connectivity index (χ1v) is 9.62. The lowest BCUT2D eigenvalue weighted by Crippen LogP contribution is -2.44. The van der Waals surface area contributed by atoms with E-state index in [1.165, 1.54) is 5.56 Å². The van der Waals surface area contributed by atoms with Crippen LogP contribution in [0.3, 0.4) is 0 Å². The second-order valence-electron chi connectivity index (χ2n) is 7.71. The second kappa shape index (κ2) is 7.06. The van der Waals surface area contributed by atoms with Crippen LogP contribution in [0.2, 0.25) is 0 Å². The van der Waals surface area contributed by atoms with E-state index in [0.717, 1.165) is 51.6 Å². The van der Waals surface area contributed by atoms with E-state index in [0.29, 0.717) is 18.0 Å². The van der Waals surface area contributed by atoms with Gasteiger partial charge in [0.05, 0.1) is 12.2 Å². The molecule has 1 amide bonds. The third-order valence-electron chi connectivity index (χ3n) is 5.91. The largest absolute Gasteiger partial charge is 0.351 e. The summed E-state index contributed by atoms with van der Waals surface area (Å²) in [6.45, 7) is 3.79. The Kier molecular flexibility index (Phi) is 4.64. The van der Waals surface area contributed by atoms with Gasteiger partial charge in [-0.15, -0.1) is 0 Å². The molecular weight excluding hydrogens is 312 g/mol. The van der Waals surface area contributed by atoms with E-state index in [1.54, 1.807) is 0 Å². The molecule has 2 fully saturated rings. The number of amides is 1. The molecule has 1 atom stereocenters. The predicted octanol–water partition coefficient (Wildman–Crippen LogP) is 3.59. The number of hydrogen-bond acceptors (Lipinski definition) is 2. The van der Waals surface area contributed by atoms with Crippen molar-refractivity contribution in [3.63, 3.8) is 0 Å². The first-order valence-electron chi connectivity index (χ1n) is 9.62. The maximum Gasteiger partial charge on any atom is 0.225 e. The number of carbonyl (C=O) groups is 1. The minimum Gasteiger partial charge on any atom is -0.351 e. The molecule has 0 unspecified atom stereocenters. The van der Waals surface area contributed by atoms with Crippen molar-refractivity contribution < 1.29 is 4.79 Å². The van der Waals surface area contributed by atoms with Gasteiger partial charge < -0.3 is 9.47 Å². The summed E-state index contributed by atoms with van der Waals surface area (Å²) >= 11 is 0. The summed E-state index contributed by atoms with van der Waals surface area (Å²) in [6.07, 6.45) is 14.8. The van der Waals surface area contributed by atoms with Gasteiger partial charge in [0.25, 0.3) is 0 Å². The van der Waals surface area contributed by atoms with Crippen molar-refractivity contribution in [1.82, 2.24) is 19.2 Å². The summed E-state index contributed by atoms with van der Waals surface area (Å²) in [5.74, 6) is 0.587. The number of carbonyl (C=O) groups excluding carboxylic acids is 1. The number of aryl methyl sites for hydroxylation is 1. The molecule has 5 nitrogen and oxygen atoms in total. The van der Waals surface area contributed by atoms with E-state index in [1.807, 2.05) is 6.20 Å². The number of likely N-dealkylation sites (tertiary alicyclic amines) is 1. The van der Waals surface area contributed by atoms with Crippen LogP contribution in [0.5, 0.6) is 0 Å². The zero-order valence-electron chi connectivity index (χ0n) is 15.1. The summed E-state index contributed by atoms with van der Waals surface area (Å²) in [5.41, 5.74) is 1.19. The van der Waals surface area contributed by atoms with Crippen molar-refractivity contribution in [3.05, 3.63) is 42.5 Å². The smallest absolute Gasteiger partial charge is 0.225 e. The van der Waals surface area contributed by atoms with Gasteiger partial charge in [-0.25, -0.2) is 0 Å². The minimum atomic E-state index is 0.213. The van der Waals surface area contributed by atoms with Crippen molar-refractivity contribution in [2.24, 2.45) is 5.92 Å². The normalized spacial score (nSPS) is 27.4.